The number of amides is 1. The molecule has 0 atom stereocenters. The molecule has 0 unspecified atom stereocenters. The van der Waals surface area contributed by atoms with E-state index in [0.29, 0.717) is 6.54 Å². The summed E-state index contributed by atoms with van der Waals surface area (Å²) >= 11 is 0. The Morgan fingerprint density at radius 3 is 2.64 bits per heavy atom. The Morgan fingerprint density at radius 2 is 1.97 bits per heavy atom. The maximum Gasteiger partial charge on any atom is 0.244 e. The number of nitrogens with zero attached hydrogens (tertiary/aromatic N) is 4. The van der Waals surface area contributed by atoms with Crippen LogP contribution in [0.2, 0.25) is 0 Å². The zero-order valence-electron chi connectivity index (χ0n) is 20.2. The number of morpholine rings is 1. The number of pyridine rings is 1. The van der Waals surface area contributed by atoms with Gasteiger partial charge in [-0.2, -0.15) is 0 Å². The smallest absolute Gasteiger partial charge is 0.244 e. The highest BCUT2D eigenvalue weighted by Crippen LogP contribution is 2.33. The molecule has 1 aliphatic heterocycles. The molecule has 9 heteroatoms. The molecular formula is C24H41IN6O2. The lowest BCUT2D eigenvalue weighted by Crippen LogP contribution is -2.60. The summed E-state index contributed by atoms with van der Waals surface area (Å²) in [6.07, 6.45) is 8.79. The van der Waals surface area contributed by atoms with Gasteiger partial charge in [-0.15, -0.1) is 24.0 Å². The number of halogens is 1. The third-order valence-electron chi connectivity index (χ3n) is 6.62. The third kappa shape index (κ3) is 8.68. The molecule has 1 saturated heterocycles. The second-order valence-corrected chi connectivity index (χ2v) is 8.82. The highest BCUT2D eigenvalue weighted by Gasteiger charge is 2.38. The minimum atomic E-state index is 0. The van der Waals surface area contributed by atoms with Crippen molar-refractivity contribution in [2.24, 2.45) is 4.99 Å². The molecular weight excluding hydrogens is 531 g/mol. The van der Waals surface area contributed by atoms with Crippen LogP contribution in [0, 0.1) is 0 Å². The number of carbonyl (C=O) groups excluding carboxylic acids is 1. The summed E-state index contributed by atoms with van der Waals surface area (Å²) in [6, 6.07) is 5.86. The molecule has 186 valence electrons. The van der Waals surface area contributed by atoms with Crippen molar-refractivity contribution in [1.82, 2.24) is 25.4 Å². The number of aromatic nitrogens is 1. The molecule has 8 nitrogen and oxygen atoms in total. The van der Waals surface area contributed by atoms with E-state index in [9.17, 15) is 4.79 Å². The van der Waals surface area contributed by atoms with Crippen molar-refractivity contribution >= 4 is 35.8 Å². The first-order chi connectivity index (χ1) is 15.6. The lowest BCUT2D eigenvalue weighted by atomic mass is 9.80. The second kappa shape index (κ2) is 14.7. The first-order valence-electron chi connectivity index (χ1n) is 12.1. The van der Waals surface area contributed by atoms with E-state index in [1.807, 2.05) is 25.2 Å². The quantitative estimate of drug-likeness (QED) is 0.269. The van der Waals surface area contributed by atoms with Gasteiger partial charge in [-0.1, -0.05) is 25.3 Å². The van der Waals surface area contributed by atoms with E-state index >= 15 is 0 Å². The molecule has 0 spiro atoms. The average molecular weight is 573 g/mol. The highest BCUT2D eigenvalue weighted by molar-refractivity contribution is 14.0. The van der Waals surface area contributed by atoms with Crippen LogP contribution < -0.4 is 10.6 Å². The fourth-order valence-electron chi connectivity index (χ4n) is 4.66. The van der Waals surface area contributed by atoms with Crippen LogP contribution in [0.3, 0.4) is 0 Å². The predicted molar refractivity (Wildman–Crippen MR) is 143 cm³/mol. The highest BCUT2D eigenvalue weighted by atomic mass is 127. The van der Waals surface area contributed by atoms with Crippen molar-refractivity contribution in [3.8, 4) is 0 Å². The molecule has 0 radical (unpaired) electrons. The number of likely N-dealkylation sites (N-methyl/N-ethyl adjacent to an activating group) is 1. The molecule has 1 saturated carbocycles. The van der Waals surface area contributed by atoms with E-state index in [1.54, 1.807) is 11.1 Å². The van der Waals surface area contributed by atoms with Crippen LogP contribution in [-0.2, 0) is 16.0 Å². The van der Waals surface area contributed by atoms with Crippen LogP contribution in [0.4, 0.5) is 0 Å². The second-order valence-electron chi connectivity index (χ2n) is 8.82. The number of hydrogen-bond donors (Lipinski definition) is 2. The molecule has 2 aliphatic rings. The van der Waals surface area contributed by atoms with Crippen LogP contribution in [0.5, 0.6) is 0 Å². The van der Waals surface area contributed by atoms with Crippen molar-refractivity contribution in [3.05, 3.63) is 30.1 Å². The lowest BCUT2D eigenvalue weighted by Gasteiger charge is -2.48. The SMILES string of the molecule is CCNC(=NCC(=O)N(C)CCc1ccccn1)NCC1(N2CCOCC2)CCCCC1.I. The van der Waals surface area contributed by atoms with Gasteiger partial charge >= 0.3 is 0 Å². The van der Waals surface area contributed by atoms with Gasteiger partial charge in [-0.05, 0) is 31.9 Å². The van der Waals surface area contributed by atoms with E-state index in [0.717, 1.165) is 57.5 Å². The van der Waals surface area contributed by atoms with Crippen molar-refractivity contribution < 1.29 is 9.53 Å². The van der Waals surface area contributed by atoms with Gasteiger partial charge < -0.3 is 20.3 Å². The van der Waals surface area contributed by atoms with Crippen molar-refractivity contribution in [3.63, 3.8) is 0 Å². The van der Waals surface area contributed by atoms with Crippen LogP contribution in [-0.4, -0.2) is 91.7 Å². The van der Waals surface area contributed by atoms with Gasteiger partial charge in [0.2, 0.25) is 5.91 Å². The number of guanidine groups is 1. The Hall–Kier alpha value is -1.46. The Morgan fingerprint density at radius 1 is 1.21 bits per heavy atom. The Kier molecular flexibility index (Phi) is 12.4. The Labute approximate surface area is 216 Å². The summed E-state index contributed by atoms with van der Waals surface area (Å²) in [5.41, 5.74) is 1.15. The molecule has 1 aliphatic carbocycles. The van der Waals surface area contributed by atoms with Gasteiger partial charge in [0.15, 0.2) is 5.96 Å². The summed E-state index contributed by atoms with van der Waals surface area (Å²) in [5.74, 6) is 0.732. The number of carbonyl (C=O) groups is 1. The number of nitrogens with one attached hydrogen (secondary N) is 2. The topological polar surface area (TPSA) is 82.1 Å². The summed E-state index contributed by atoms with van der Waals surface area (Å²) in [6.45, 7) is 8.06. The zero-order valence-corrected chi connectivity index (χ0v) is 22.6. The molecule has 33 heavy (non-hydrogen) atoms. The van der Waals surface area contributed by atoms with Gasteiger partial charge in [-0.3, -0.25) is 14.7 Å². The van der Waals surface area contributed by atoms with Gasteiger partial charge in [0.1, 0.15) is 6.54 Å². The lowest BCUT2D eigenvalue weighted by molar-refractivity contribution is -0.128. The monoisotopic (exact) mass is 572 g/mol. The van der Waals surface area contributed by atoms with Crippen molar-refractivity contribution in [1.29, 1.82) is 0 Å². The van der Waals surface area contributed by atoms with E-state index in [1.165, 1.54) is 32.1 Å². The number of hydrogen-bond acceptors (Lipinski definition) is 5. The predicted octanol–water partition coefficient (Wildman–Crippen LogP) is 2.29. The molecule has 0 aromatic carbocycles. The molecule has 1 aromatic rings. The summed E-state index contributed by atoms with van der Waals surface area (Å²) < 4.78 is 5.59. The van der Waals surface area contributed by atoms with Crippen molar-refractivity contribution in [2.75, 3.05) is 59.5 Å². The fourth-order valence-corrected chi connectivity index (χ4v) is 4.66. The molecule has 3 rings (SSSR count). The van der Waals surface area contributed by atoms with E-state index in [-0.39, 0.29) is 42.0 Å². The van der Waals surface area contributed by atoms with E-state index in [4.69, 9.17) is 4.74 Å². The Bertz CT molecular complexity index is 721. The normalized spacial score (nSPS) is 18.8. The van der Waals surface area contributed by atoms with Gasteiger partial charge in [0.25, 0.3) is 0 Å². The summed E-state index contributed by atoms with van der Waals surface area (Å²) in [7, 11) is 1.83. The minimum Gasteiger partial charge on any atom is -0.379 e. The zero-order chi connectivity index (χ0) is 22.7. The molecule has 2 heterocycles. The summed E-state index contributed by atoms with van der Waals surface area (Å²) in [5, 5.41) is 6.87. The largest absolute Gasteiger partial charge is 0.379 e. The summed E-state index contributed by atoms with van der Waals surface area (Å²) in [4.78, 5) is 25.9. The van der Waals surface area contributed by atoms with Crippen molar-refractivity contribution in [2.45, 2.75) is 51.0 Å². The van der Waals surface area contributed by atoms with Crippen LogP contribution in [0.1, 0.15) is 44.7 Å². The third-order valence-corrected chi connectivity index (χ3v) is 6.62. The van der Waals surface area contributed by atoms with E-state index < -0.39 is 0 Å². The molecule has 2 N–H and O–H groups in total. The fraction of sp³-hybridized carbons (Fsp3) is 0.708. The first kappa shape index (κ1) is 27.8. The maximum absolute atomic E-state index is 12.6. The molecule has 1 amide bonds. The number of aliphatic imine (C=N–C) groups is 1. The molecule has 1 aromatic heterocycles. The van der Waals surface area contributed by atoms with Crippen LogP contribution in [0.25, 0.3) is 0 Å². The standard InChI is InChI=1S/C24H40N6O2.HI/c1-3-25-23(27-19-22(31)29(2)14-10-21-9-5-8-13-26-21)28-20-24(11-6-4-7-12-24)30-15-17-32-18-16-30;/h5,8-9,13H,3-4,6-7,10-12,14-20H2,1-2H3,(H2,25,27,28);1H. The first-order valence-corrected chi connectivity index (χ1v) is 12.1. The number of ether oxygens (including phenoxy) is 1. The van der Waals surface area contributed by atoms with Gasteiger partial charge in [-0.25, -0.2) is 4.99 Å². The van der Waals surface area contributed by atoms with Crippen LogP contribution >= 0.6 is 24.0 Å². The minimum absolute atomic E-state index is 0. The maximum atomic E-state index is 12.6. The average Bonchev–Trinajstić information content (AvgIpc) is 2.85. The van der Waals surface area contributed by atoms with Gasteiger partial charge in [0.05, 0.1) is 13.2 Å². The molecule has 0 bridgehead atoms. The van der Waals surface area contributed by atoms with E-state index in [2.05, 4.69) is 32.4 Å². The molecule has 2 fully saturated rings. The van der Waals surface area contributed by atoms with Crippen LogP contribution in [0.15, 0.2) is 29.4 Å². The number of rotatable bonds is 9. The Balaban J connectivity index is 0.00000385. The van der Waals surface area contributed by atoms with Gasteiger partial charge in [0, 0.05) is 63.6 Å².